The molecule has 0 bridgehead atoms. The van der Waals surface area contributed by atoms with E-state index in [1.165, 1.54) is 0 Å². The lowest BCUT2D eigenvalue weighted by molar-refractivity contribution is 0.249. The number of hydrazone groups is 1. The van der Waals surface area contributed by atoms with Crippen molar-refractivity contribution in [3.8, 4) is 0 Å². The molecule has 0 spiro atoms. The summed E-state index contributed by atoms with van der Waals surface area (Å²) in [5, 5.41) is 3.88. The van der Waals surface area contributed by atoms with Crippen LogP contribution >= 0.6 is 0 Å². The zero-order valence-electron chi connectivity index (χ0n) is 8.79. The SMILES string of the molecule is CCC(C)C(C)C(C)=NNC(N)=O. The van der Waals surface area contributed by atoms with E-state index in [0.717, 1.165) is 12.1 Å². The molecule has 0 aliphatic carbocycles. The molecular weight excluding hydrogens is 166 g/mol. The molecule has 0 aromatic carbocycles. The number of primary amides is 1. The molecule has 4 heteroatoms. The Morgan fingerprint density at radius 3 is 2.46 bits per heavy atom. The van der Waals surface area contributed by atoms with Crippen molar-refractivity contribution in [2.24, 2.45) is 22.7 Å². The van der Waals surface area contributed by atoms with Crippen molar-refractivity contribution in [2.45, 2.75) is 34.1 Å². The molecule has 0 aliphatic heterocycles. The number of urea groups is 1. The predicted octanol–water partition coefficient (Wildman–Crippen LogP) is 1.71. The van der Waals surface area contributed by atoms with Crippen LogP contribution in [0.25, 0.3) is 0 Å². The first-order valence-corrected chi connectivity index (χ1v) is 4.58. The minimum Gasteiger partial charge on any atom is -0.350 e. The van der Waals surface area contributed by atoms with Crippen LogP contribution in [-0.4, -0.2) is 11.7 Å². The van der Waals surface area contributed by atoms with Gasteiger partial charge in [-0.25, -0.2) is 10.2 Å². The lowest BCUT2D eigenvalue weighted by Crippen LogP contribution is -2.27. The molecule has 0 radical (unpaired) electrons. The number of amides is 2. The summed E-state index contributed by atoms with van der Waals surface area (Å²) in [4.78, 5) is 10.4. The van der Waals surface area contributed by atoms with Crippen LogP contribution in [-0.2, 0) is 0 Å². The number of rotatable bonds is 4. The van der Waals surface area contributed by atoms with Crippen LogP contribution in [0.5, 0.6) is 0 Å². The van der Waals surface area contributed by atoms with E-state index in [0.29, 0.717) is 11.8 Å². The van der Waals surface area contributed by atoms with Gasteiger partial charge in [0.25, 0.3) is 0 Å². The summed E-state index contributed by atoms with van der Waals surface area (Å²) in [6, 6.07) is -0.615. The first kappa shape index (κ1) is 11.9. The zero-order valence-corrected chi connectivity index (χ0v) is 8.79. The summed E-state index contributed by atoms with van der Waals surface area (Å²) in [5.74, 6) is 0.940. The van der Waals surface area contributed by atoms with Crippen LogP contribution in [0, 0.1) is 11.8 Å². The van der Waals surface area contributed by atoms with Gasteiger partial charge in [0.2, 0.25) is 0 Å². The Morgan fingerprint density at radius 1 is 1.54 bits per heavy atom. The minimum atomic E-state index is -0.615. The Kier molecular flexibility index (Phi) is 5.11. The van der Waals surface area contributed by atoms with Crippen LogP contribution in [0.15, 0.2) is 5.10 Å². The van der Waals surface area contributed by atoms with E-state index in [4.69, 9.17) is 5.73 Å². The minimum absolute atomic E-state index is 0.372. The highest BCUT2D eigenvalue weighted by atomic mass is 16.2. The fourth-order valence-electron chi connectivity index (χ4n) is 1.01. The van der Waals surface area contributed by atoms with Gasteiger partial charge in [-0.2, -0.15) is 5.10 Å². The molecule has 0 aromatic heterocycles. The number of carbonyl (C=O) groups is 1. The molecule has 13 heavy (non-hydrogen) atoms. The van der Waals surface area contributed by atoms with E-state index in [-0.39, 0.29) is 0 Å². The van der Waals surface area contributed by atoms with E-state index >= 15 is 0 Å². The van der Waals surface area contributed by atoms with Gasteiger partial charge in [-0.15, -0.1) is 0 Å². The maximum absolute atomic E-state index is 10.4. The highest BCUT2D eigenvalue weighted by molar-refractivity contribution is 5.85. The van der Waals surface area contributed by atoms with E-state index in [1.54, 1.807) is 0 Å². The summed E-state index contributed by atoms with van der Waals surface area (Å²) < 4.78 is 0. The molecule has 0 fully saturated rings. The third-order valence-electron chi connectivity index (χ3n) is 2.50. The molecule has 0 saturated carbocycles. The Morgan fingerprint density at radius 2 is 2.08 bits per heavy atom. The fourth-order valence-corrected chi connectivity index (χ4v) is 1.01. The molecule has 0 rings (SSSR count). The van der Waals surface area contributed by atoms with Crippen molar-refractivity contribution in [3.63, 3.8) is 0 Å². The number of hydrogen-bond acceptors (Lipinski definition) is 2. The largest absolute Gasteiger partial charge is 0.350 e. The van der Waals surface area contributed by atoms with Gasteiger partial charge in [0.1, 0.15) is 0 Å². The molecule has 76 valence electrons. The Hall–Kier alpha value is -1.06. The van der Waals surface area contributed by atoms with E-state index in [1.807, 2.05) is 6.92 Å². The van der Waals surface area contributed by atoms with Gasteiger partial charge in [0.15, 0.2) is 0 Å². The van der Waals surface area contributed by atoms with E-state index in [9.17, 15) is 4.79 Å². The van der Waals surface area contributed by atoms with Crippen LogP contribution in [0.1, 0.15) is 34.1 Å². The average Bonchev–Trinajstić information content (AvgIpc) is 2.11. The lowest BCUT2D eigenvalue weighted by atomic mass is 9.90. The molecule has 2 atom stereocenters. The number of carbonyl (C=O) groups excluding carboxylic acids is 1. The molecule has 0 saturated heterocycles. The average molecular weight is 185 g/mol. The fraction of sp³-hybridized carbons (Fsp3) is 0.778. The predicted molar refractivity (Wildman–Crippen MR) is 54.4 cm³/mol. The third kappa shape index (κ3) is 4.50. The molecule has 3 N–H and O–H groups in total. The second-order valence-corrected chi connectivity index (χ2v) is 3.40. The number of nitrogens with one attached hydrogen (secondary N) is 1. The maximum Gasteiger partial charge on any atom is 0.332 e. The molecule has 2 unspecified atom stereocenters. The van der Waals surface area contributed by atoms with E-state index < -0.39 is 6.03 Å². The topological polar surface area (TPSA) is 67.5 Å². The molecule has 0 heterocycles. The molecule has 0 aliphatic rings. The van der Waals surface area contributed by atoms with Gasteiger partial charge in [0, 0.05) is 5.71 Å². The quantitative estimate of drug-likeness (QED) is 0.508. The van der Waals surface area contributed by atoms with Gasteiger partial charge >= 0.3 is 6.03 Å². The summed E-state index contributed by atoms with van der Waals surface area (Å²) in [7, 11) is 0. The third-order valence-corrected chi connectivity index (χ3v) is 2.50. The first-order chi connectivity index (χ1) is 5.99. The zero-order chi connectivity index (χ0) is 10.4. The van der Waals surface area contributed by atoms with Crippen LogP contribution in [0.2, 0.25) is 0 Å². The monoisotopic (exact) mass is 185 g/mol. The van der Waals surface area contributed by atoms with Gasteiger partial charge < -0.3 is 5.73 Å². The summed E-state index contributed by atoms with van der Waals surface area (Å²) in [5.41, 5.74) is 8.03. The summed E-state index contributed by atoms with van der Waals surface area (Å²) >= 11 is 0. The lowest BCUT2D eigenvalue weighted by Gasteiger charge is -2.17. The number of nitrogens with two attached hydrogens (primary N) is 1. The summed E-state index contributed by atoms with van der Waals surface area (Å²) in [6.07, 6.45) is 1.10. The second kappa shape index (κ2) is 5.56. The Balaban J connectivity index is 4.15. The standard InChI is InChI=1S/C9H19N3O/c1-5-6(2)7(3)8(4)11-12-9(10)13/h6-7H,5H2,1-4H3,(H3,10,12,13). The van der Waals surface area contributed by atoms with Crippen molar-refractivity contribution in [2.75, 3.05) is 0 Å². The highest BCUT2D eigenvalue weighted by Crippen LogP contribution is 2.15. The Bertz CT molecular complexity index is 201. The molecule has 2 amide bonds. The molecule has 0 aromatic rings. The van der Waals surface area contributed by atoms with Crippen LogP contribution in [0.3, 0.4) is 0 Å². The number of hydrogen-bond donors (Lipinski definition) is 2. The van der Waals surface area contributed by atoms with Gasteiger partial charge in [-0.3, -0.25) is 0 Å². The number of nitrogens with zero attached hydrogens (tertiary/aromatic N) is 1. The van der Waals surface area contributed by atoms with Gasteiger partial charge in [-0.1, -0.05) is 27.2 Å². The second-order valence-electron chi connectivity index (χ2n) is 3.40. The maximum atomic E-state index is 10.4. The molecule has 4 nitrogen and oxygen atoms in total. The Labute approximate surface area is 79.6 Å². The molecular formula is C9H19N3O. The van der Waals surface area contributed by atoms with Crippen molar-refractivity contribution in [3.05, 3.63) is 0 Å². The normalized spacial score (nSPS) is 16.5. The van der Waals surface area contributed by atoms with Crippen molar-refractivity contribution >= 4 is 11.7 Å². The van der Waals surface area contributed by atoms with Crippen molar-refractivity contribution in [1.29, 1.82) is 0 Å². The van der Waals surface area contributed by atoms with Crippen LogP contribution < -0.4 is 11.2 Å². The van der Waals surface area contributed by atoms with Gasteiger partial charge in [0.05, 0.1) is 0 Å². The van der Waals surface area contributed by atoms with E-state index in [2.05, 4.69) is 31.3 Å². The van der Waals surface area contributed by atoms with Crippen molar-refractivity contribution < 1.29 is 4.79 Å². The summed E-state index contributed by atoms with van der Waals surface area (Å²) in [6.45, 7) is 8.28. The van der Waals surface area contributed by atoms with Crippen molar-refractivity contribution in [1.82, 2.24) is 5.43 Å². The highest BCUT2D eigenvalue weighted by Gasteiger charge is 2.13. The van der Waals surface area contributed by atoms with Crippen LogP contribution in [0.4, 0.5) is 4.79 Å². The smallest absolute Gasteiger partial charge is 0.332 e. The first-order valence-electron chi connectivity index (χ1n) is 4.58. The van der Waals surface area contributed by atoms with Gasteiger partial charge in [-0.05, 0) is 18.8 Å².